The van der Waals surface area contributed by atoms with E-state index in [-0.39, 0.29) is 18.0 Å². The van der Waals surface area contributed by atoms with Gasteiger partial charge in [0, 0.05) is 62.3 Å². The van der Waals surface area contributed by atoms with Crippen LogP contribution in [0.1, 0.15) is 32.7 Å². The van der Waals surface area contributed by atoms with Gasteiger partial charge in [-0.15, -0.1) is 0 Å². The Hall–Kier alpha value is -5.32. The van der Waals surface area contributed by atoms with Crippen LogP contribution in [-0.2, 0) is 18.4 Å². The lowest BCUT2D eigenvalue weighted by Crippen LogP contribution is -2.23. The van der Waals surface area contributed by atoms with Crippen LogP contribution in [0.3, 0.4) is 0 Å². The Morgan fingerprint density at radius 2 is 2.00 bits per heavy atom. The molecule has 5 aromatic rings. The maximum Gasteiger partial charge on any atom is 0.262 e. The average Bonchev–Trinajstić information content (AvgIpc) is 3.64. The number of benzene rings is 2. The van der Waals surface area contributed by atoms with Crippen molar-refractivity contribution in [2.45, 2.75) is 20.4 Å². The summed E-state index contributed by atoms with van der Waals surface area (Å²) in [5.74, 6) is -0.173. The predicted octanol–water partition coefficient (Wildman–Crippen LogP) is 5.12. The molecular formula is C31H29FN8O2. The van der Waals surface area contributed by atoms with Crippen molar-refractivity contribution in [3.8, 4) is 11.3 Å². The third-order valence-corrected chi connectivity index (χ3v) is 7.48. The van der Waals surface area contributed by atoms with Crippen LogP contribution in [0.5, 0.6) is 0 Å². The molecule has 0 saturated heterocycles. The fraction of sp³-hybridized carbons (Fsp3) is 0.194. The summed E-state index contributed by atoms with van der Waals surface area (Å²) in [4.78, 5) is 41.2. The zero-order chi connectivity index (χ0) is 29.7. The molecule has 212 valence electrons. The highest BCUT2D eigenvalue weighted by Gasteiger charge is 2.34. The van der Waals surface area contributed by atoms with E-state index in [1.165, 1.54) is 17.0 Å². The molecule has 2 N–H and O–H groups in total. The van der Waals surface area contributed by atoms with Crippen molar-refractivity contribution >= 4 is 46.2 Å². The van der Waals surface area contributed by atoms with E-state index in [0.29, 0.717) is 28.6 Å². The molecule has 0 atom stereocenters. The van der Waals surface area contributed by atoms with E-state index in [1.54, 1.807) is 42.0 Å². The van der Waals surface area contributed by atoms with E-state index in [9.17, 15) is 14.0 Å². The summed E-state index contributed by atoms with van der Waals surface area (Å²) < 4.78 is 16.7. The second-order valence-corrected chi connectivity index (χ2v) is 10.5. The second kappa shape index (κ2) is 10.3. The zero-order valence-corrected chi connectivity index (χ0v) is 23.9. The van der Waals surface area contributed by atoms with E-state index in [2.05, 4.69) is 20.4 Å². The fourth-order valence-corrected chi connectivity index (χ4v) is 5.13. The minimum Gasteiger partial charge on any atom is -0.359 e. The van der Waals surface area contributed by atoms with Gasteiger partial charge in [0.2, 0.25) is 11.9 Å². The van der Waals surface area contributed by atoms with Gasteiger partial charge < -0.3 is 20.1 Å². The lowest BCUT2D eigenvalue weighted by atomic mass is 10.0. The van der Waals surface area contributed by atoms with Crippen molar-refractivity contribution in [2.24, 2.45) is 7.05 Å². The van der Waals surface area contributed by atoms with E-state index >= 15 is 0 Å². The first kappa shape index (κ1) is 26.9. The quantitative estimate of drug-likeness (QED) is 0.277. The van der Waals surface area contributed by atoms with E-state index in [1.807, 2.05) is 51.4 Å². The number of anilines is 3. The molecule has 0 radical (unpaired) electrons. The molecule has 3 aromatic heterocycles. The number of carbonyl (C=O) groups excluding carboxylic acids is 2. The SMILES string of the molecule is Cc1cnc(Nc2cc(C)n(C)n2)nc1-c1c[nH]c2c(N3Cc4c(/C=C/C(=O)N(C)C)ccc(F)c4C3=O)cccc12. The Morgan fingerprint density at radius 1 is 1.19 bits per heavy atom. The van der Waals surface area contributed by atoms with Crippen LogP contribution >= 0.6 is 0 Å². The van der Waals surface area contributed by atoms with Crippen molar-refractivity contribution in [2.75, 3.05) is 24.3 Å². The number of halogens is 1. The number of aryl methyl sites for hydroxylation is 3. The number of carbonyl (C=O) groups is 2. The minimum atomic E-state index is -0.590. The highest BCUT2D eigenvalue weighted by atomic mass is 19.1. The first-order valence-corrected chi connectivity index (χ1v) is 13.4. The molecule has 4 heterocycles. The lowest BCUT2D eigenvalue weighted by molar-refractivity contribution is -0.123. The highest BCUT2D eigenvalue weighted by molar-refractivity contribution is 6.15. The first-order valence-electron chi connectivity index (χ1n) is 13.4. The number of aromatic nitrogens is 5. The van der Waals surface area contributed by atoms with Crippen molar-refractivity contribution in [3.05, 3.63) is 88.6 Å². The number of H-pyrrole nitrogens is 1. The number of nitrogens with zero attached hydrogens (tertiary/aromatic N) is 6. The standard InChI is InChI=1S/C31H29FN8O2/c1-17-14-34-31(35-25-13-18(2)39(5)37-25)36-28(17)21-15-33-29-20(21)7-6-8-24(29)40-16-22-19(10-12-26(41)38(3)4)9-11-23(32)27(22)30(40)42/h6-15,33H,16H2,1-5H3,(H,34,35,36,37)/b12-10+. The van der Waals surface area contributed by atoms with Gasteiger partial charge in [-0.3, -0.25) is 14.3 Å². The Morgan fingerprint density at radius 3 is 2.74 bits per heavy atom. The molecule has 2 aromatic carbocycles. The molecule has 0 unspecified atom stereocenters. The largest absolute Gasteiger partial charge is 0.359 e. The van der Waals surface area contributed by atoms with Gasteiger partial charge in [0.15, 0.2) is 5.82 Å². The zero-order valence-electron chi connectivity index (χ0n) is 23.9. The van der Waals surface area contributed by atoms with Crippen LogP contribution < -0.4 is 10.2 Å². The van der Waals surface area contributed by atoms with Gasteiger partial charge in [0.05, 0.1) is 29.0 Å². The van der Waals surface area contributed by atoms with Gasteiger partial charge in [0.1, 0.15) is 5.82 Å². The molecule has 1 aliphatic rings. The number of hydrogen-bond acceptors (Lipinski definition) is 6. The second-order valence-electron chi connectivity index (χ2n) is 10.5. The van der Waals surface area contributed by atoms with E-state index in [4.69, 9.17) is 4.98 Å². The third-order valence-electron chi connectivity index (χ3n) is 7.48. The summed E-state index contributed by atoms with van der Waals surface area (Å²) in [5, 5.41) is 8.45. The van der Waals surface area contributed by atoms with Crippen LogP contribution in [0, 0.1) is 19.7 Å². The smallest absolute Gasteiger partial charge is 0.262 e. The number of hydrogen-bond donors (Lipinski definition) is 2. The van der Waals surface area contributed by atoms with Crippen LogP contribution in [-0.4, -0.2) is 55.5 Å². The van der Waals surface area contributed by atoms with Crippen molar-refractivity contribution in [1.82, 2.24) is 29.6 Å². The lowest BCUT2D eigenvalue weighted by Gasteiger charge is -2.17. The molecule has 0 aliphatic carbocycles. The predicted molar refractivity (Wildman–Crippen MR) is 160 cm³/mol. The molecule has 2 amide bonds. The number of likely N-dealkylation sites (N-methyl/N-ethyl adjacent to an activating group) is 1. The van der Waals surface area contributed by atoms with Gasteiger partial charge >= 0.3 is 0 Å². The summed E-state index contributed by atoms with van der Waals surface area (Å²) in [7, 11) is 5.17. The number of aromatic amines is 1. The summed E-state index contributed by atoms with van der Waals surface area (Å²) in [5.41, 5.74) is 5.96. The van der Waals surface area contributed by atoms with Crippen LogP contribution in [0.2, 0.25) is 0 Å². The highest BCUT2D eigenvalue weighted by Crippen LogP contribution is 2.39. The summed E-state index contributed by atoms with van der Waals surface area (Å²) >= 11 is 0. The first-order chi connectivity index (χ1) is 20.1. The molecule has 11 heteroatoms. The maximum absolute atomic E-state index is 15.0. The molecule has 42 heavy (non-hydrogen) atoms. The Kier molecular flexibility index (Phi) is 6.56. The summed E-state index contributed by atoms with van der Waals surface area (Å²) in [6.07, 6.45) is 6.65. The van der Waals surface area contributed by atoms with E-state index in [0.717, 1.165) is 33.4 Å². The van der Waals surface area contributed by atoms with Gasteiger partial charge in [-0.25, -0.2) is 14.4 Å². The van der Waals surface area contributed by atoms with Crippen LogP contribution in [0.4, 0.5) is 21.8 Å². The van der Waals surface area contributed by atoms with Gasteiger partial charge in [-0.2, -0.15) is 5.10 Å². The fourth-order valence-electron chi connectivity index (χ4n) is 5.13. The third kappa shape index (κ3) is 4.58. The van der Waals surface area contributed by atoms with Crippen molar-refractivity contribution in [1.29, 1.82) is 0 Å². The van der Waals surface area contributed by atoms with E-state index < -0.39 is 11.7 Å². The van der Waals surface area contributed by atoms with Gasteiger partial charge in [-0.1, -0.05) is 18.2 Å². The molecule has 0 spiro atoms. The minimum absolute atomic E-state index is 0.0188. The number of rotatable bonds is 6. The summed E-state index contributed by atoms with van der Waals surface area (Å²) in [6, 6.07) is 10.4. The Bertz CT molecular complexity index is 1900. The van der Waals surface area contributed by atoms with Crippen LogP contribution in [0.25, 0.3) is 28.2 Å². The number of nitrogens with one attached hydrogen (secondary N) is 2. The summed E-state index contributed by atoms with van der Waals surface area (Å²) in [6.45, 7) is 4.07. The molecule has 6 rings (SSSR count). The normalized spacial score (nSPS) is 12.9. The van der Waals surface area contributed by atoms with Gasteiger partial charge in [-0.05, 0) is 48.7 Å². The monoisotopic (exact) mass is 564 g/mol. The number of amides is 2. The topological polar surface area (TPSA) is 112 Å². The van der Waals surface area contributed by atoms with Gasteiger partial charge in [0.25, 0.3) is 5.91 Å². The molecule has 0 fully saturated rings. The number of fused-ring (bicyclic) bond motifs is 2. The van der Waals surface area contributed by atoms with Crippen molar-refractivity contribution in [3.63, 3.8) is 0 Å². The van der Waals surface area contributed by atoms with Crippen LogP contribution in [0.15, 0.2) is 54.9 Å². The molecule has 0 bridgehead atoms. The number of para-hydroxylation sites is 1. The molecule has 10 nitrogen and oxygen atoms in total. The Labute approximate surface area is 241 Å². The van der Waals surface area contributed by atoms with Crippen molar-refractivity contribution < 1.29 is 14.0 Å². The molecule has 1 aliphatic heterocycles. The molecular weight excluding hydrogens is 535 g/mol. The molecule has 0 saturated carbocycles. The Balaban J connectivity index is 1.37. The average molecular weight is 565 g/mol. The maximum atomic E-state index is 15.0.